The van der Waals surface area contributed by atoms with Crippen LogP contribution in [0.4, 0.5) is 5.82 Å². The Bertz CT molecular complexity index is 1440. The van der Waals surface area contributed by atoms with Crippen molar-refractivity contribution in [3.8, 4) is 0 Å². The number of nitrogens with two attached hydrogens (primary N) is 1. The van der Waals surface area contributed by atoms with Crippen LogP contribution in [0.25, 0.3) is 10.9 Å². The molecule has 8 nitrogen and oxygen atoms in total. The van der Waals surface area contributed by atoms with E-state index >= 15 is 0 Å². The second-order valence-electron chi connectivity index (χ2n) is 7.95. The number of aromatic carboxylic acids is 1. The zero-order valence-electron chi connectivity index (χ0n) is 18.6. The van der Waals surface area contributed by atoms with Crippen LogP contribution in [-0.4, -0.2) is 31.9 Å². The standard InChI is InChI=1S/C25H22ClN5O3/c1-13-17(3-4-22(27)30-13)12-29-24(32)16-5-6-28-19(10-16)8-15-7-18-11-21(26)14(2)31-23(18)20(9-15)25(33)34/h3-7,9-11H,8,12H2,1-2H3,(H2,27,30)(H,29,32)(H,33,34). The smallest absolute Gasteiger partial charge is 0.337 e. The molecule has 0 saturated carbocycles. The maximum atomic E-state index is 12.7. The molecule has 34 heavy (non-hydrogen) atoms. The normalized spacial score (nSPS) is 10.9. The molecule has 0 aliphatic carbocycles. The van der Waals surface area contributed by atoms with Gasteiger partial charge in [-0.15, -0.1) is 0 Å². The fourth-order valence-electron chi connectivity index (χ4n) is 3.68. The summed E-state index contributed by atoms with van der Waals surface area (Å²) < 4.78 is 0. The van der Waals surface area contributed by atoms with E-state index in [4.69, 9.17) is 17.3 Å². The Labute approximate surface area is 200 Å². The fraction of sp³-hybridized carbons (Fsp3) is 0.160. The number of halogens is 1. The number of carbonyl (C=O) groups is 2. The summed E-state index contributed by atoms with van der Waals surface area (Å²) in [6, 6.07) is 12.0. The number of aromatic nitrogens is 3. The minimum absolute atomic E-state index is 0.0913. The lowest BCUT2D eigenvalue weighted by Gasteiger charge is -2.10. The third kappa shape index (κ3) is 4.97. The molecule has 0 radical (unpaired) electrons. The number of benzene rings is 1. The third-order valence-corrected chi connectivity index (χ3v) is 5.84. The molecule has 0 aliphatic heterocycles. The number of fused-ring (bicyclic) bond motifs is 1. The number of hydrogen-bond donors (Lipinski definition) is 3. The lowest BCUT2D eigenvalue weighted by atomic mass is 10.0. The van der Waals surface area contributed by atoms with E-state index in [-0.39, 0.29) is 11.5 Å². The van der Waals surface area contributed by atoms with Crippen LogP contribution in [0.2, 0.25) is 5.02 Å². The highest BCUT2D eigenvalue weighted by Gasteiger charge is 2.15. The Morgan fingerprint density at radius 1 is 1.06 bits per heavy atom. The topological polar surface area (TPSA) is 131 Å². The molecule has 0 atom stereocenters. The molecule has 0 saturated heterocycles. The summed E-state index contributed by atoms with van der Waals surface area (Å²) in [6.45, 7) is 3.88. The molecule has 172 valence electrons. The van der Waals surface area contributed by atoms with Gasteiger partial charge < -0.3 is 16.2 Å². The van der Waals surface area contributed by atoms with E-state index in [1.807, 2.05) is 19.1 Å². The SMILES string of the molecule is Cc1nc2c(C(=O)O)cc(Cc3cc(C(=O)NCc4ccc(N)nc4C)ccn3)cc2cc1Cl. The van der Waals surface area contributed by atoms with Crippen molar-refractivity contribution in [1.82, 2.24) is 20.3 Å². The molecule has 0 spiro atoms. The van der Waals surface area contributed by atoms with Gasteiger partial charge in [0.15, 0.2) is 0 Å². The molecule has 0 aliphatic rings. The van der Waals surface area contributed by atoms with Crippen LogP contribution in [0.1, 0.15) is 48.9 Å². The first kappa shape index (κ1) is 23.1. The van der Waals surface area contributed by atoms with Crippen LogP contribution in [0.5, 0.6) is 0 Å². The average Bonchev–Trinajstić information content (AvgIpc) is 2.79. The van der Waals surface area contributed by atoms with Gasteiger partial charge in [0.1, 0.15) is 5.82 Å². The molecule has 0 unspecified atom stereocenters. The van der Waals surface area contributed by atoms with E-state index in [1.165, 1.54) is 0 Å². The van der Waals surface area contributed by atoms with E-state index in [9.17, 15) is 14.7 Å². The van der Waals surface area contributed by atoms with Crippen molar-refractivity contribution < 1.29 is 14.7 Å². The minimum atomic E-state index is -1.07. The van der Waals surface area contributed by atoms with Crippen molar-refractivity contribution in [2.24, 2.45) is 0 Å². The number of nitrogens with zero attached hydrogens (tertiary/aromatic N) is 3. The minimum Gasteiger partial charge on any atom is -0.478 e. The molecular weight excluding hydrogens is 454 g/mol. The van der Waals surface area contributed by atoms with Crippen LogP contribution in [-0.2, 0) is 13.0 Å². The Balaban J connectivity index is 1.56. The van der Waals surface area contributed by atoms with Gasteiger partial charge in [-0.3, -0.25) is 14.8 Å². The second kappa shape index (κ2) is 9.44. The molecule has 4 aromatic rings. The summed E-state index contributed by atoms with van der Waals surface area (Å²) in [5.74, 6) is -0.898. The number of rotatable bonds is 6. The van der Waals surface area contributed by atoms with Crippen molar-refractivity contribution in [3.63, 3.8) is 0 Å². The first-order valence-electron chi connectivity index (χ1n) is 10.5. The summed E-state index contributed by atoms with van der Waals surface area (Å²) in [5.41, 5.74) is 10.1. The van der Waals surface area contributed by atoms with Crippen LogP contribution < -0.4 is 11.1 Å². The van der Waals surface area contributed by atoms with Crippen LogP contribution in [0.3, 0.4) is 0 Å². The predicted octanol–water partition coefficient (Wildman–Crippen LogP) is 4.10. The van der Waals surface area contributed by atoms with E-state index in [2.05, 4.69) is 20.3 Å². The number of aryl methyl sites for hydroxylation is 2. The number of nitrogens with one attached hydrogen (secondary N) is 1. The molecule has 3 heterocycles. The van der Waals surface area contributed by atoms with Crippen molar-refractivity contribution in [2.75, 3.05) is 5.73 Å². The molecule has 3 aromatic heterocycles. The number of hydrogen-bond acceptors (Lipinski definition) is 6. The number of carboxylic acids is 1. The molecule has 1 amide bonds. The van der Waals surface area contributed by atoms with Gasteiger partial charge in [-0.05, 0) is 61.4 Å². The number of carboxylic acid groups (broad SMARTS) is 1. The summed E-state index contributed by atoms with van der Waals surface area (Å²) >= 11 is 6.20. The Morgan fingerprint density at radius 3 is 2.59 bits per heavy atom. The molecule has 0 bridgehead atoms. The molecule has 0 fully saturated rings. The van der Waals surface area contributed by atoms with Crippen LogP contribution in [0.15, 0.2) is 48.7 Å². The van der Waals surface area contributed by atoms with Gasteiger partial charge in [-0.25, -0.2) is 9.78 Å². The average molecular weight is 476 g/mol. The van der Waals surface area contributed by atoms with Gasteiger partial charge in [0, 0.05) is 41.5 Å². The second-order valence-corrected chi connectivity index (χ2v) is 8.36. The van der Waals surface area contributed by atoms with E-state index in [0.717, 1.165) is 16.8 Å². The monoisotopic (exact) mass is 475 g/mol. The number of anilines is 1. The van der Waals surface area contributed by atoms with Crippen molar-refractivity contribution >= 4 is 40.2 Å². The number of pyridine rings is 3. The highest BCUT2D eigenvalue weighted by atomic mass is 35.5. The summed E-state index contributed by atoms with van der Waals surface area (Å²) in [6.07, 6.45) is 1.89. The van der Waals surface area contributed by atoms with Gasteiger partial charge in [0.05, 0.1) is 21.8 Å². The van der Waals surface area contributed by atoms with Gasteiger partial charge in [0.25, 0.3) is 5.91 Å². The van der Waals surface area contributed by atoms with Crippen LogP contribution >= 0.6 is 11.6 Å². The highest BCUT2D eigenvalue weighted by molar-refractivity contribution is 6.32. The predicted molar refractivity (Wildman–Crippen MR) is 130 cm³/mol. The molecule has 1 aromatic carbocycles. The zero-order chi connectivity index (χ0) is 24.4. The largest absolute Gasteiger partial charge is 0.478 e. The third-order valence-electron chi connectivity index (χ3n) is 5.46. The molecule has 4 N–H and O–H groups in total. The molecular formula is C25H22ClN5O3. The van der Waals surface area contributed by atoms with E-state index in [1.54, 1.807) is 43.5 Å². The van der Waals surface area contributed by atoms with Gasteiger partial charge in [0.2, 0.25) is 0 Å². The first-order chi connectivity index (χ1) is 16.2. The maximum absolute atomic E-state index is 12.7. The first-order valence-corrected chi connectivity index (χ1v) is 10.9. The van der Waals surface area contributed by atoms with Gasteiger partial charge in [-0.2, -0.15) is 0 Å². The Hall–Kier alpha value is -4.04. The van der Waals surface area contributed by atoms with E-state index in [0.29, 0.717) is 51.7 Å². The Morgan fingerprint density at radius 2 is 1.85 bits per heavy atom. The number of amides is 1. The van der Waals surface area contributed by atoms with Crippen molar-refractivity contribution in [3.05, 3.63) is 93.0 Å². The fourth-order valence-corrected chi connectivity index (χ4v) is 3.84. The zero-order valence-corrected chi connectivity index (χ0v) is 19.3. The summed E-state index contributed by atoms with van der Waals surface area (Å²) in [4.78, 5) is 37.4. The van der Waals surface area contributed by atoms with Crippen molar-refractivity contribution in [1.29, 1.82) is 0 Å². The summed E-state index contributed by atoms with van der Waals surface area (Å²) in [7, 11) is 0. The molecule has 4 rings (SSSR count). The lowest BCUT2D eigenvalue weighted by molar-refractivity contribution is 0.0698. The van der Waals surface area contributed by atoms with Crippen molar-refractivity contribution in [2.45, 2.75) is 26.8 Å². The van der Waals surface area contributed by atoms with Gasteiger partial charge in [-0.1, -0.05) is 17.7 Å². The maximum Gasteiger partial charge on any atom is 0.337 e. The van der Waals surface area contributed by atoms with E-state index < -0.39 is 5.97 Å². The number of carbonyl (C=O) groups excluding carboxylic acids is 1. The lowest BCUT2D eigenvalue weighted by Crippen LogP contribution is -2.23. The Kier molecular flexibility index (Phi) is 6.43. The summed E-state index contributed by atoms with van der Waals surface area (Å²) in [5, 5.41) is 13.7. The highest BCUT2D eigenvalue weighted by Crippen LogP contribution is 2.26. The van der Waals surface area contributed by atoms with Gasteiger partial charge >= 0.3 is 5.97 Å². The molecule has 9 heteroatoms. The number of nitrogen functional groups attached to an aromatic ring is 1. The van der Waals surface area contributed by atoms with Crippen LogP contribution in [0, 0.1) is 13.8 Å². The quantitative estimate of drug-likeness (QED) is 0.382.